The van der Waals surface area contributed by atoms with Gasteiger partial charge in [0.25, 0.3) is 0 Å². The zero-order valence-corrected chi connectivity index (χ0v) is 29.4. The van der Waals surface area contributed by atoms with E-state index in [4.69, 9.17) is 28.1 Å². The lowest BCUT2D eigenvalue weighted by Crippen LogP contribution is -3.00. The highest BCUT2D eigenvalue weighted by atomic mass is 79.9. The maximum atomic E-state index is 12.7. The van der Waals surface area contributed by atoms with Gasteiger partial charge in [0.2, 0.25) is 18.9 Å². The first-order valence-corrected chi connectivity index (χ1v) is 14.6. The molecule has 0 N–H and O–H groups in total. The maximum absolute atomic E-state index is 12.7. The molecule has 0 spiro atoms. The SMILES string of the molecule is COc1cc(-c2c3ccc(=[N+](C)C)cc-3oc3cc(N(C)C)ccc23)ccc1N(CC(=O)OCOC(C)=O)CC(=O)OCOC(C)=O.[Br-]. The molecule has 0 saturated heterocycles. The minimum atomic E-state index is -0.778. The van der Waals surface area contributed by atoms with E-state index in [9.17, 15) is 19.2 Å². The van der Waals surface area contributed by atoms with Gasteiger partial charge in [0, 0.05) is 62.3 Å². The number of rotatable bonds is 12. The van der Waals surface area contributed by atoms with Crippen LogP contribution >= 0.6 is 0 Å². The molecular weight excluding hydrogens is 690 g/mol. The Morgan fingerprint density at radius 2 is 1.42 bits per heavy atom. The number of hydrogen-bond donors (Lipinski definition) is 0. The molecule has 48 heavy (non-hydrogen) atoms. The largest absolute Gasteiger partial charge is 1.00 e. The molecule has 0 radical (unpaired) electrons. The first-order valence-electron chi connectivity index (χ1n) is 14.6. The summed E-state index contributed by atoms with van der Waals surface area (Å²) < 4.78 is 33.6. The highest BCUT2D eigenvalue weighted by molar-refractivity contribution is 6.03. The van der Waals surface area contributed by atoms with E-state index < -0.39 is 50.6 Å². The van der Waals surface area contributed by atoms with Crippen molar-refractivity contribution in [3.8, 4) is 28.2 Å². The van der Waals surface area contributed by atoms with Crippen LogP contribution in [-0.2, 0) is 38.1 Å². The van der Waals surface area contributed by atoms with Crippen molar-refractivity contribution in [2.45, 2.75) is 13.8 Å². The van der Waals surface area contributed by atoms with Crippen LogP contribution in [0.1, 0.15) is 13.8 Å². The van der Waals surface area contributed by atoms with Crippen LogP contribution < -0.4 is 41.5 Å². The fourth-order valence-corrected chi connectivity index (χ4v) is 4.81. The van der Waals surface area contributed by atoms with E-state index in [0.29, 0.717) is 22.8 Å². The van der Waals surface area contributed by atoms with Gasteiger partial charge in [-0.3, -0.25) is 19.2 Å². The second kappa shape index (κ2) is 16.6. The lowest BCUT2D eigenvalue weighted by Gasteiger charge is -2.25. The van der Waals surface area contributed by atoms with Gasteiger partial charge in [-0.05, 0) is 35.9 Å². The van der Waals surface area contributed by atoms with Crippen LogP contribution in [0, 0.1) is 0 Å². The van der Waals surface area contributed by atoms with Crippen LogP contribution in [-0.4, -0.2) is 85.9 Å². The lowest BCUT2D eigenvalue weighted by molar-refractivity contribution is -0.165. The predicted octanol–water partition coefficient (Wildman–Crippen LogP) is 0.249. The van der Waals surface area contributed by atoms with Crippen molar-refractivity contribution in [1.29, 1.82) is 0 Å². The summed E-state index contributed by atoms with van der Waals surface area (Å²) >= 11 is 0. The van der Waals surface area contributed by atoms with E-state index in [1.807, 2.05) is 86.2 Å². The van der Waals surface area contributed by atoms with Gasteiger partial charge in [0.05, 0.1) is 18.9 Å². The summed E-state index contributed by atoms with van der Waals surface area (Å²) in [6, 6.07) is 17.4. The number of benzene rings is 3. The van der Waals surface area contributed by atoms with E-state index in [0.717, 1.165) is 33.1 Å². The third-order valence-electron chi connectivity index (χ3n) is 7.13. The molecule has 0 unspecified atom stereocenters. The van der Waals surface area contributed by atoms with E-state index in [1.54, 1.807) is 6.07 Å². The van der Waals surface area contributed by atoms with E-state index in [-0.39, 0.29) is 17.0 Å². The molecule has 0 atom stereocenters. The summed E-state index contributed by atoms with van der Waals surface area (Å²) in [6.07, 6.45) is 0. The lowest BCUT2D eigenvalue weighted by atomic mass is 9.93. The molecule has 1 aliphatic carbocycles. The number of ether oxygens (including phenoxy) is 5. The summed E-state index contributed by atoms with van der Waals surface area (Å²) in [4.78, 5) is 51.0. The number of carbonyl (C=O) groups excluding carboxylic acids is 4. The first kappa shape index (κ1) is 37.3. The summed E-state index contributed by atoms with van der Waals surface area (Å²) in [6.45, 7) is 0.355. The van der Waals surface area contributed by atoms with Crippen LogP contribution in [0.2, 0.25) is 0 Å². The van der Waals surface area contributed by atoms with Gasteiger partial charge in [0.15, 0.2) is 0 Å². The molecule has 0 aromatic heterocycles. The molecular formula is C34H38BrN3O10. The summed E-state index contributed by atoms with van der Waals surface area (Å²) in [5.74, 6) is -1.76. The van der Waals surface area contributed by atoms with Gasteiger partial charge < -0.3 is 54.9 Å². The number of hydrogen-bond acceptors (Lipinski definition) is 12. The molecule has 0 amide bonds. The first-order chi connectivity index (χ1) is 22.4. The van der Waals surface area contributed by atoms with Crippen molar-refractivity contribution < 1.29 is 64.3 Å². The molecule has 1 aliphatic heterocycles. The predicted molar refractivity (Wildman–Crippen MR) is 174 cm³/mol. The molecule has 2 aromatic carbocycles. The normalized spacial score (nSPS) is 10.5. The Hall–Kier alpha value is -5.11. The molecule has 0 saturated carbocycles. The van der Waals surface area contributed by atoms with Crippen LogP contribution in [0.25, 0.3) is 33.4 Å². The fraction of sp³-hybridized carbons (Fsp3) is 0.324. The van der Waals surface area contributed by atoms with Gasteiger partial charge in [-0.2, -0.15) is 0 Å². The van der Waals surface area contributed by atoms with E-state index in [1.165, 1.54) is 25.9 Å². The van der Waals surface area contributed by atoms with Gasteiger partial charge in [-0.25, -0.2) is 4.58 Å². The smallest absolute Gasteiger partial charge is 0.328 e. The molecule has 2 aromatic rings. The molecule has 1 heterocycles. The maximum Gasteiger partial charge on any atom is 0.328 e. The Bertz CT molecular complexity index is 1810. The van der Waals surface area contributed by atoms with Crippen LogP contribution in [0.5, 0.6) is 5.75 Å². The quantitative estimate of drug-likeness (QED) is 0.0857. The Morgan fingerprint density at radius 3 is 1.96 bits per heavy atom. The summed E-state index contributed by atoms with van der Waals surface area (Å²) in [5.41, 5.74) is 4.60. The number of halogens is 1. The number of esters is 4. The standard InChI is InChI=1S/C34H38N3O10.BrH/c1-21(38)43-19-45-32(40)17-37(18-33(41)46-20-44-22(2)39)28-13-8-23(14-31(28)42-7)34-26-11-9-24(35(3)4)15-29(26)47-30-16-25(36(5)6)10-12-27(30)34;/h8-16H,17-20H2,1-7H3;1H/q+1;/p-1. The number of fused-ring (bicyclic) bond motifs is 2. The van der Waals surface area contributed by atoms with Gasteiger partial charge in [-0.15, -0.1) is 0 Å². The Morgan fingerprint density at radius 1 is 0.792 bits per heavy atom. The van der Waals surface area contributed by atoms with Crippen LogP contribution in [0.15, 0.2) is 59.0 Å². The zero-order valence-electron chi connectivity index (χ0n) is 27.8. The average Bonchev–Trinajstić information content (AvgIpc) is 3.02. The van der Waals surface area contributed by atoms with E-state index >= 15 is 0 Å². The molecule has 4 rings (SSSR count). The van der Waals surface area contributed by atoms with Crippen LogP contribution in [0.3, 0.4) is 0 Å². The number of nitrogens with zero attached hydrogens (tertiary/aromatic N) is 3. The molecule has 13 nitrogen and oxygen atoms in total. The Balaban J connectivity index is 0.00000625. The zero-order chi connectivity index (χ0) is 34.2. The van der Waals surface area contributed by atoms with Crippen LogP contribution in [0.4, 0.5) is 11.4 Å². The Labute approximate surface area is 288 Å². The Kier molecular flexibility index (Phi) is 12.9. The van der Waals surface area contributed by atoms with Crippen molar-refractivity contribution in [3.05, 3.63) is 60.0 Å². The number of carbonyl (C=O) groups is 4. The molecule has 0 fully saturated rings. The van der Waals surface area contributed by atoms with Gasteiger partial charge >= 0.3 is 23.9 Å². The van der Waals surface area contributed by atoms with Crippen molar-refractivity contribution in [2.24, 2.45) is 0 Å². The number of anilines is 2. The average molecular weight is 729 g/mol. The van der Waals surface area contributed by atoms with Crippen molar-refractivity contribution in [2.75, 3.05) is 71.8 Å². The third-order valence-corrected chi connectivity index (χ3v) is 7.13. The summed E-state index contributed by atoms with van der Waals surface area (Å²) in [5, 5.41) is 1.84. The number of methoxy groups -OCH3 is 1. The van der Waals surface area contributed by atoms with Crippen molar-refractivity contribution in [1.82, 2.24) is 4.58 Å². The van der Waals surface area contributed by atoms with Gasteiger partial charge in [0.1, 0.15) is 44.3 Å². The highest BCUT2D eigenvalue weighted by Gasteiger charge is 2.24. The van der Waals surface area contributed by atoms with E-state index in [2.05, 4.69) is 0 Å². The second-order valence-electron chi connectivity index (χ2n) is 10.9. The fourth-order valence-electron chi connectivity index (χ4n) is 4.81. The molecule has 256 valence electrons. The minimum Gasteiger partial charge on any atom is -1.00 e. The van der Waals surface area contributed by atoms with Gasteiger partial charge in [-0.1, -0.05) is 6.07 Å². The highest BCUT2D eigenvalue weighted by Crippen LogP contribution is 2.43. The molecule has 14 heteroatoms. The molecule has 0 bridgehead atoms. The van der Waals surface area contributed by atoms with Crippen molar-refractivity contribution in [3.63, 3.8) is 0 Å². The second-order valence-corrected chi connectivity index (χ2v) is 10.9. The minimum absolute atomic E-state index is 0. The third kappa shape index (κ3) is 9.25. The monoisotopic (exact) mass is 727 g/mol. The topological polar surface area (TPSA) is 137 Å². The summed E-state index contributed by atoms with van der Waals surface area (Å²) in [7, 11) is 9.31. The van der Waals surface area contributed by atoms with Crippen molar-refractivity contribution >= 4 is 46.2 Å². The molecule has 2 aliphatic rings.